The monoisotopic (exact) mass is 142 g/mol. The molecule has 48 valence electrons. The van der Waals surface area contributed by atoms with Crippen LogP contribution in [0.5, 0.6) is 0 Å². The van der Waals surface area contributed by atoms with Crippen LogP contribution in [0.25, 0.3) is 0 Å². The smallest absolute Gasteiger partial charge is 0.317 e. The van der Waals surface area contributed by atoms with E-state index in [1.165, 1.54) is 0 Å². The molecule has 0 fully saturated rings. The standard InChI is InChI=1S/CH5BFO4P/c1-6-8(4,5)7-2-3/h2H,1H3,(H,4,5). The first-order valence-corrected chi connectivity index (χ1v) is 3.21. The molecule has 0 radical (unpaired) electrons. The van der Waals surface area contributed by atoms with Crippen LogP contribution in [0.3, 0.4) is 0 Å². The van der Waals surface area contributed by atoms with Crippen LogP contribution in [0.4, 0.5) is 4.32 Å². The molecule has 0 aliphatic heterocycles. The summed E-state index contributed by atoms with van der Waals surface area (Å²) in [5.74, 6) is 0. The fraction of sp³-hybridized carbons (Fsp3) is 1.00. The van der Waals surface area contributed by atoms with Crippen LogP contribution in [0.2, 0.25) is 0 Å². The van der Waals surface area contributed by atoms with Crippen molar-refractivity contribution < 1.29 is 22.7 Å². The van der Waals surface area contributed by atoms with E-state index in [-0.39, 0.29) is 0 Å². The van der Waals surface area contributed by atoms with Gasteiger partial charge in [-0.25, -0.2) is 4.57 Å². The molecule has 0 saturated carbocycles. The highest BCUT2D eigenvalue weighted by Gasteiger charge is 2.17. The van der Waals surface area contributed by atoms with Gasteiger partial charge in [0.25, 0.3) is 0 Å². The summed E-state index contributed by atoms with van der Waals surface area (Å²) < 4.78 is 28.5. The van der Waals surface area contributed by atoms with Crippen molar-refractivity contribution in [2.45, 2.75) is 0 Å². The Bertz CT molecular complexity index is 106. The minimum absolute atomic E-state index is 0.955. The third-order valence-corrected chi connectivity index (χ3v) is 1.33. The lowest BCUT2D eigenvalue weighted by Crippen LogP contribution is -1.91. The molecule has 1 unspecified atom stereocenters. The Labute approximate surface area is 46.5 Å². The average Bonchev–Trinajstić information content (AvgIpc) is 1.67. The minimum atomic E-state index is -4.05. The third-order valence-electron chi connectivity index (χ3n) is 0.443. The van der Waals surface area contributed by atoms with Crippen LogP contribution in [0.15, 0.2) is 0 Å². The van der Waals surface area contributed by atoms with E-state index in [1.807, 2.05) is 0 Å². The first-order valence-electron chi connectivity index (χ1n) is 1.71. The van der Waals surface area contributed by atoms with Crippen molar-refractivity contribution in [3.05, 3.63) is 0 Å². The first kappa shape index (κ1) is 8.10. The van der Waals surface area contributed by atoms with Gasteiger partial charge in [0, 0.05) is 7.11 Å². The van der Waals surface area contributed by atoms with Crippen LogP contribution in [0, 0.1) is 0 Å². The summed E-state index contributed by atoms with van der Waals surface area (Å²) in [6, 6.07) is 0. The van der Waals surface area contributed by atoms with E-state index in [0.29, 0.717) is 0 Å². The predicted octanol–water partition coefficient (Wildman–Crippen LogP) is -0.0142. The molecule has 0 aromatic rings. The van der Waals surface area contributed by atoms with Gasteiger partial charge in [0.2, 0.25) is 0 Å². The molecule has 8 heavy (non-hydrogen) atoms. The maximum Gasteiger partial charge on any atom is 0.490 e. The van der Waals surface area contributed by atoms with E-state index in [2.05, 4.69) is 8.96 Å². The van der Waals surface area contributed by atoms with Gasteiger partial charge in [0.15, 0.2) is 0 Å². The van der Waals surface area contributed by atoms with Crippen LogP contribution < -0.4 is 0 Å². The SMILES string of the molecule is COP(=O)(O)OBF. The molecular weight excluding hydrogens is 137 g/mol. The van der Waals surface area contributed by atoms with Crippen LogP contribution in [-0.4, -0.2) is 19.8 Å². The molecule has 0 aromatic carbocycles. The van der Waals surface area contributed by atoms with Gasteiger partial charge in [-0.2, -0.15) is 0 Å². The lowest BCUT2D eigenvalue weighted by atomic mass is 10.5. The van der Waals surface area contributed by atoms with Gasteiger partial charge < -0.3 is 9.33 Å². The zero-order chi connectivity index (χ0) is 6.62. The summed E-state index contributed by atoms with van der Waals surface area (Å²) in [6.45, 7) is 0. The summed E-state index contributed by atoms with van der Waals surface area (Å²) in [5, 5.41) is 0. The Morgan fingerprint density at radius 3 is 2.50 bits per heavy atom. The van der Waals surface area contributed by atoms with Crippen molar-refractivity contribution in [1.29, 1.82) is 0 Å². The summed E-state index contributed by atoms with van der Waals surface area (Å²) in [5.41, 5.74) is 0. The number of hydrogen-bond acceptors (Lipinski definition) is 3. The second-order valence-corrected chi connectivity index (χ2v) is 2.45. The number of phosphoric acid groups is 1. The van der Waals surface area contributed by atoms with Gasteiger partial charge >= 0.3 is 15.6 Å². The van der Waals surface area contributed by atoms with E-state index in [9.17, 15) is 8.88 Å². The largest absolute Gasteiger partial charge is 0.490 e. The van der Waals surface area contributed by atoms with Crippen LogP contribution in [-0.2, 0) is 13.5 Å². The first-order chi connectivity index (χ1) is 3.62. The Morgan fingerprint density at radius 2 is 2.38 bits per heavy atom. The molecule has 1 N–H and O–H groups in total. The second-order valence-electron chi connectivity index (χ2n) is 0.889. The summed E-state index contributed by atoms with van der Waals surface area (Å²) >= 11 is 0. The summed E-state index contributed by atoms with van der Waals surface area (Å²) in [7, 11) is -4.41. The minimum Gasteiger partial charge on any atom is -0.317 e. The lowest BCUT2D eigenvalue weighted by Gasteiger charge is -2.03. The average molecular weight is 142 g/mol. The van der Waals surface area contributed by atoms with E-state index in [1.54, 1.807) is 0 Å². The second kappa shape index (κ2) is 3.19. The van der Waals surface area contributed by atoms with E-state index in [0.717, 1.165) is 7.11 Å². The maximum absolute atomic E-state index is 11.0. The van der Waals surface area contributed by atoms with E-state index >= 15 is 0 Å². The number of halogens is 1. The number of phosphoric ester groups is 1. The highest BCUT2D eigenvalue weighted by atomic mass is 31.2. The van der Waals surface area contributed by atoms with Crippen molar-refractivity contribution in [1.82, 2.24) is 0 Å². The van der Waals surface area contributed by atoms with Gasteiger partial charge in [-0.15, -0.1) is 0 Å². The van der Waals surface area contributed by atoms with Gasteiger partial charge in [-0.1, -0.05) is 0 Å². The van der Waals surface area contributed by atoms with Crippen molar-refractivity contribution in [2.75, 3.05) is 7.11 Å². The van der Waals surface area contributed by atoms with Crippen molar-refractivity contribution in [3.63, 3.8) is 0 Å². The highest BCUT2D eigenvalue weighted by molar-refractivity contribution is 7.48. The molecule has 0 amide bonds. The van der Waals surface area contributed by atoms with Crippen molar-refractivity contribution in [2.24, 2.45) is 0 Å². The topological polar surface area (TPSA) is 55.8 Å². The summed E-state index contributed by atoms with van der Waals surface area (Å²) in [4.78, 5) is 8.19. The molecular formula is CH5BFO4P. The Hall–Kier alpha value is 0.105. The Balaban J connectivity index is 3.55. The zero-order valence-corrected chi connectivity index (χ0v) is 5.10. The molecule has 0 aliphatic rings. The lowest BCUT2D eigenvalue weighted by molar-refractivity contribution is 0.241. The van der Waals surface area contributed by atoms with Crippen molar-refractivity contribution >= 4 is 15.6 Å². The molecule has 0 saturated heterocycles. The molecule has 1 atom stereocenters. The molecule has 4 nitrogen and oxygen atoms in total. The predicted molar refractivity (Wildman–Crippen MR) is 26.2 cm³/mol. The normalized spacial score (nSPS) is 17.4. The molecule has 0 rings (SSSR count). The third kappa shape index (κ3) is 3.15. The van der Waals surface area contributed by atoms with Crippen LogP contribution >= 0.6 is 7.82 Å². The maximum atomic E-state index is 11.0. The molecule has 0 spiro atoms. The van der Waals surface area contributed by atoms with Gasteiger partial charge in [-0.05, 0) is 0 Å². The van der Waals surface area contributed by atoms with Gasteiger partial charge in [0.05, 0.1) is 0 Å². The molecule has 0 aromatic heterocycles. The van der Waals surface area contributed by atoms with Crippen molar-refractivity contribution in [3.8, 4) is 0 Å². The number of rotatable bonds is 3. The molecule has 0 aliphatic carbocycles. The fourth-order valence-electron chi connectivity index (χ4n) is 0.114. The molecule has 0 bridgehead atoms. The fourth-order valence-corrected chi connectivity index (χ4v) is 0.343. The van der Waals surface area contributed by atoms with Crippen LogP contribution in [0.1, 0.15) is 0 Å². The Morgan fingerprint density at radius 1 is 1.88 bits per heavy atom. The molecule has 0 heterocycles. The van der Waals surface area contributed by atoms with Gasteiger partial charge in [0.1, 0.15) is 0 Å². The Kier molecular flexibility index (Phi) is 3.24. The van der Waals surface area contributed by atoms with E-state index < -0.39 is 15.6 Å². The molecule has 7 heteroatoms. The quantitative estimate of drug-likeness (QED) is 0.444. The highest BCUT2D eigenvalue weighted by Crippen LogP contribution is 2.40. The number of hydrogen-bond donors (Lipinski definition) is 1. The van der Waals surface area contributed by atoms with Gasteiger partial charge in [-0.3, -0.25) is 8.84 Å². The zero-order valence-electron chi connectivity index (χ0n) is 4.20. The van der Waals surface area contributed by atoms with E-state index in [4.69, 9.17) is 4.89 Å². The summed E-state index contributed by atoms with van der Waals surface area (Å²) in [6.07, 6.45) is 0.